The van der Waals surface area contributed by atoms with Crippen LogP contribution >= 0.6 is 11.6 Å². The van der Waals surface area contributed by atoms with Gasteiger partial charge in [-0.15, -0.1) is 0 Å². The molecular formula is C32H30ClN3O2. The molecule has 6 heteroatoms. The number of nitrogens with zero attached hydrogens (tertiary/aromatic N) is 2. The molecule has 4 aromatic rings. The van der Waals surface area contributed by atoms with Crippen LogP contribution in [0.4, 0.5) is 10.5 Å². The Morgan fingerprint density at radius 2 is 1.47 bits per heavy atom. The van der Waals surface area contributed by atoms with E-state index in [1.54, 1.807) is 0 Å². The SMILES string of the molecule is CC(C)(C)c1ccc(Oc2ccc(NC(=O)N3CC(c4ccccc4)C(c4ccc(Cl)cc4)=N3)cc2)cc1. The van der Waals surface area contributed by atoms with Gasteiger partial charge < -0.3 is 10.1 Å². The van der Waals surface area contributed by atoms with Crippen molar-refractivity contribution in [2.24, 2.45) is 5.10 Å². The maximum Gasteiger partial charge on any atom is 0.342 e. The Morgan fingerprint density at radius 3 is 2.08 bits per heavy atom. The van der Waals surface area contributed by atoms with Crippen LogP contribution in [0.2, 0.25) is 5.02 Å². The minimum absolute atomic E-state index is 0.0384. The number of carbonyl (C=O) groups is 1. The molecule has 0 radical (unpaired) electrons. The lowest BCUT2D eigenvalue weighted by Crippen LogP contribution is -2.30. The van der Waals surface area contributed by atoms with Crippen molar-refractivity contribution < 1.29 is 9.53 Å². The van der Waals surface area contributed by atoms with Crippen molar-refractivity contribution in [1.82, 2.24) is 5.01 Å². The number of hydrogen-bond donors (Lipinski definition) is 1. The lowest BCUT2D eigenvalue weighted by molar-refractivity contribution is 0.218. The lowest BCUT2D eigenvalue weighted by atomic mass is 9.87. The van der Waals surface area contributed by atoms with Crippen molar-refractivity contribution >= 4 is 29.0 Å². The summed E-state index contributed by atoms with van der Waals surface area (Å²) in [6.07, 6.45) is 0. The van der Waals surface area contributed by atoms with E-state index >= 15 is 0 Å². The Balaban J connectivity index is 1.28. The van der Waals surface area contributed by atoms with E-state index in [0.29, 0.717) is 23.0 Å². The summed E-state index contributed by atoms with van der Waals surface area (Å²) in [4.78, 5) is 13.2. The number of hydrogen-bond acceptors (Lipinski definition) is 3. The Hall–Kier alpha value is -4.09. The predicted molar refractivity (Wildman–Crippen MR) is 155 cm³/mol. The normalized spacial score (nSPS) is 15.2. The standard InChI is InChI=1S/C32H30ClN3O2/c1-32(2,3)24-11-17-27(18-12-24)38-28-19-15-26(16-20-28)34-31(37)36-21-29(22-7-5-4-6-8-22)30(35-36)23-9-13-25(33)14-10-23/h4-20,29H,21H2,1-3H3,(H,34,37). The van der Waals surface area contributed by atoms with Crippen LogP contribution in [0.5, 0.6) is 11.5 Å². The number of carbonyl (C=O) groups excluding carboxylic acids is 1. The molecule has 192 valence electrons. The summed E-state index contributed by atoms with van der Waals surface area (Å²) in [5.74, 6) is 1.42. The Labute approximate surface area is 228 Å². The first-order chi connectivity index (χ1) is 18.3. The van der Waals surface area contributed by atoms with Gasteiger partial charge in [0.1, 0.15) is 11.5 Å². The molecule has 1 atom stereocenters. The topological polar surface area (TPSA) is 53.9 Å². The van der Waals surface area contributed by atoms with Gasteiger partial charge in [0.15, 0.2) is 0 Å². The first-order valence-electron chi connectivity index (χ1n) is 12.6. The maximum atomic E-state index is 13.2. The van der Waals surface area contributed by atoms with Crippen LogP contribution in [-0.2, 0) is 5.41 Å². The zero-order valence-electron chi connectivity index (χ0n) is 21.7. The highest BCUT2D eigenvalue weighted by molar-refractivity contribution is 6.30. The van der Waals surface area contributed by atoms with E-state index in [9.17, 15) is 4.79 Å². The second-order valence-electron chi connectivity index (χ2n) is 10.4. The third kappa shape index (κ3) is 5.90. The second kappa shape index (κ2) is 10.7. The van der Waals surface area contributed by atoms with Crippen LogP contribution in [0.3, 0.4) is 0 Å². The number of urea groups is 1. The van der Waals surface area contributed by atoms with E-state index in [4.69, 9.17) is 21.4 Å². The molecule has 0 fully saturated rings. The summed E-state index contributed by atoms with van der Waals surface area (Å²) in [6, 6.07) is 32.8. The lowest BCUT2D eigenvalue weighted by Gasteiger charge is -2.19. The molecule has 1 aliphatic heterocycles. The average molecular weight is 524 g/mol. The fraction of sp³-hybridized carbons (Fsp3) is 0.188. The first kappa shape index (κ1) is 25.6. The molecule has 5 rings (SSSR count). The van der Waals surface area contributed by atoms with Gasteiger partial charge in [0.2, 0.25) is 0 Å². The summed E-state index contributed by atoms with van der Waals surface area (Å²) in [6.45, 7) is 7.00. The maximum absolute atomic E-state index is 13.2. The largest absolute Gasteiger partial charge is 0.457 e. The molecule has 2 amide bonds. The van der Waals surface area contributed by atoms with Gasteiger partial charge in [0.05, 0.1) is 12.3 Å². The number of halogens is 1. The van der Waals surface area contributed by atoms with Gasteiger partial charge in [-0.1, -0.05) is 87.0 Å². The summed E-state index contributed by atoms with van der Waals surface area (Å²) in [5.41, 5.74) is 4.89. The number of ether oxygens (including phenoxy) is 1. The molecule has 5 nitrogen and oxygen atoms in total. The number of benzene rings is 4. The van der Waals surface area contributed by atoms with E-state index in [-0.39, 0.29) is 17.4 Å². The molecule has 1 unspecified atom stereocenters. The molecule has 0 aromatic heterocycles. The van der Waals surface area contributed by atoms with E-state index in [0.717, 1.165) is 22.6 Å². The molecular weight excluding hydrogens is 494 g/mol. The van der Waals surface area contributed by atoms with Crippen molar-refractivity contribution in [3.8, 4) is 11.5 Å². The van der Waals surface area contributed by atoms with Crippen molar-refractivity contribution in [1.29, 1.82) is 0 Å². The highest BCUT2D eigenvalue weighted by Gasteiger charge is 2.32. The monoisotopic (exact) mass is 523 g/mol. The second-order valence-corrected chi connectivity index (χ2v) is 10.8. The van der Waals surface area contributed by atoms with Crippen LogP contribution in [0.15, 0.2) is 108 Å². The molecule has 0 bridgehead atoms. The molecule has 0 spiro atoms. The van der Waals surface area contributed by atoms with Gasteiger partial charge in [0, 0.05) is 16.6 Å². The van der Waals surface area contributed by atoms with Crippen molar-refractivity contribution in [3.05, 3.63) is 125 Å². The van der Waals surface area contributed by atoms with Gasteiger partial charge >= 0.3 is 6.03 Å². The summed E-state index contributed by atoms with van der Waals surface area (Å²) in [7, 11) is 0. The van der Waals surface area contributed by atoms with Crippen molar-refractivity contribution in [2.45, 2.75) is 32.1 Å². The Morgan fingerprint density at radius 1 is 0.868 bits per heavy atom. The zero-order valence-corrected chi connectivity index (χ0v) is 22.4. The number of hydrazone groups is 1. The number of amides is 2. The predicted octanol–water partition coefficient (Wildman–Crippen LogP) is 8.47. The van der Waals surface area contributed by atoms with Gasteiger partial charge in [-0.05, 0) is 70.6 Å². The first-order valence-corrected chi connectivity index (χ1v) is 13.0. The molecule has 0 saturated heterocycles. The van der Waals surface area contributed by atoms with E-state index in [2.05, 4.69) is 50.4 Å². The van der Waals surface area contributed by atoms with E-state index < -0.39 is 0 Å². The van der Waals surface area contributed by atoms with E-state index in [1.807, 2.05) is 78.9 Å². The third-order valence-electron chi connectivity index (χ3n) is 6.55. The fourth-order valence-corrected chi connectivity index (χ4v) is 4.54. The van der Waals surface area contributed by atoms with Crippen LogP contribution in [0, 0.1) is 0 Å². The minimum Gasteiger partial charge on any atom is -0.457 e. The van der Waals surface area contributed by atoms with Gasteiger partial charge in [-0.2, -0.15) is 5.10 Å². The Bertz CT molecular complexity index is 1430. The highest BCUT2D eigenvalue weighted by atomic mass is 35.5. The summed E-state index contributed by atoms with van der Waals surface area (Å²) in [5, 5.41) is 9.81. The zero-order chi connectivity index (χ0) is 26.7. The van der Waals surface area contributed by atoms with Crippen molar-refractivity contribution in [3.63, 3.8) is 0 Å². The third-order valence-corrected chi connectivity index (χ3v) is 6.80. The van der Waals surface area contributed by atoms with Gasteiger partial charge in [0.25, 0.3) is 0 Å². The van der Waals surface area contributed by atoms with Gasteiger partial charge in [-0.25, -0.2) is 9.80 Å². The number of nitrogens with one attached hydrogen (secondary N) is 1. The van der Waals surface area contributed by atoms with Crippen LogP contribution in [0.1, 0.15) is 43.4 Å². The molecule has 1 heterocycles. The molecule has 4 aromatic carbocycles. The van der Waals surface area contributed by atoms with Crippen LogP contribution in [0.25, 0.3) is 0 Å². The molecule has 0 aliphatic carbocycles. The summed E-state index contributed by atoms with van der Waals surface area (Å²) < 4.78 is 5.99. The summed E-state index contributed by atoms with van der Waals surface area (Å²) >= 11 is 6.10. The smallest absolute Gasteiger partial charge is 0.342 e. The molecule has 1 N–H and O–H groups in total. The fourth-order valence-electron chi connectivity index (χ4n) is 4.41. The van der Waals surface area contributed by atoms with Crippen LogP contribution in [-0.4, -0.2) is 23.3 Å². The average Bonchev–Trinajstić information content (AvgIpc) is 3.36. The molecule has 38 heavy (non-hydrogen) atoms. The molecule has 0 saturated carbocycles. The van der Waals surface area contributed by atoms with E-state index in [1.165, 1.54) is 10.6 Å². The number of rotatable bonds is 5. The van der Waals surface area contributed by atoms with Crippen LogP contribution < -0.4 is 10.1 Å². The van der Waals surface area contributed by atoms with Gasteiger partial charge in [-0.3, -0.25) is 0 Å². The van der Waals surface area contributed by atoms with Crippen molar-refractivity contribution in [2.75, 3.05) is 11.9 Å². The Kier molecular flexibility index (Phi) is 7.21. The number of anilines is 1. The minimum atomic E-state index is -0.290. The molecule has 1 aliphatic rings. The highest BCUT2D eigenvalue weighted by Crippen LogP contribution is 2.31. The quantitative estimate of drug-likeness (QED) is 0.285.